The standard InChI is InChI=1S/C14H19NO6/c1-18-9-7-10(13(15)11(8-9)19-2)14(17)21-6-4-5-12(16)20-3/h7-8H,4-6,15H2,1-3H3. The van der Waals surface area contributed by atoms with E-state index in [4.69, 9.17) is 19.9 Å². The quantitative estimate of drug-likeness (QED) is 0.461. The monoisotopic (exact) mass is 297 g/mol. The Balaban J connectivity index is 2.71. The fourth-order valence-electron chi connectivity index (χ4n) is 1.62. The number of hydrogen-bond donors (Lipinski definition) is 1. The Morgan fingerprint density at radius 3 is 2.43 bits per heavy atom. The molecule has 116 valence electrons. The Kier molecular flexibility index (Phi) is 6.32. The third-order valence-electron chi connectivity index (χ3n) is 2.78. The second kappa shape index (κ2) is 7.98. The van der Waals surface area contributed by atoms with E-state index in [0.717, 1.165) is 0 Å². The largest absolute Gasteiger partial charge is 0.497 e. The van der Waals surface area contributed by atoms with E-state index in [-0.39, 0.29) is 30.2 Å². The van der Waals surface area contributed by atoms with Gasteiger partial charge < -0.3 is 24.7 Å². The van der Waals surface area contributed by atoms with E-state index in [9.17, 15) is 9.59 Å². The summed E-state index contributed by atoms with van der Waals surface area (Å²) in [5, 5.41) is 0. The lowest BCUT2D eigenvalue weighted by molar-refractivity contribution is -0.140. The smallest absolute Gasteiger partial charge is 0.340 e. The van der Waals surface area contributed by atoms with Crippen LogP contribution in [0.5, 0.6) is 11.5 Å². The minimum atomic E-state index is -0.602. The number of hydrogen-bond acceptors (Lipinski definition) is 7. The number of rotatable bonds is 7. The summed E-state index contributed by atoms with van der Waals surface area (Å²) in [6.45, 7) is 0.0902. The van der Waals surface area contributed by atoms with Crippen molar-refractivity contribution in [3.8, 4) is 11.5 Å². The number of nitrogen functional groups attached to an aromatic ring is 1. The molecule has 1 rings (SSSR count). The molecule has 0 fully saturated rings. The lowest BCUT2D eigenvalue weighted by Crippen LogP contribution is -2.11. The number of esters is 2. The number of anilines is 1. The number of ether oxygens (including phenoxy) is 4. The van der Waals surface area contributed by atoms with Gasteiger partial charge in [-0.2, -0.15) is 0 Å². The van der Waals surface area contributed by atoms with Crippen molar-refractivity contribution >= 4 is 17.6 Å². The fourth-order valence-corrected chi connectivity index (χ4v) is 1.62. The van der Waals surface area contributed by atoms with E-state index in [1.54, 1.807) is 6.07 Å². The predicted molar refractivity (Wildman–Crippen MR) is 75.5 cm³/mol. The molecule has 7 heteroatoms. The molecule has 0 heterocycles. The van der Waals surface area contributed by atoms with Gasteiger partial charge in [0.2, 0.25) is 0 Å². The molecule has 0 atom stereocenters. The molecular weight excluding hydrogens is 278 g/mol. The van der Waals surface area contributed by atoms with Gasteiger partial charge in [-0.3, -0.25) is 4.79 Å². The van der Waals surface area contributed by atoms with Crippen molar-refractivity contribution in [2.45, 2.75) is 12.8 Å². The van der Waals surface area contributed by atoms with E-state index in [2.05, 4.69) is 4.74 Å². The maximum Gasteiger partial charge on any atom is 0.340 e. The summed E-state index contributed by atoms with van der Waals surface area (Å²) in [4.78, 5) is 22.9. The molecule has 2 N–H and O–H groups in total. The third kappa shape index (κ3) is 4.55. The van der Waals surface area contributed by atoms with Crippen LogP contribution in [-0.4, -0.2) is 39.9 Å². The Labute approximate surface area is 122 Å². The van der Waals surface area contributed by atoms with Crippen LogP contribution in [0.1, 0.15) is 23.2 Å². The van der Waals surface area contributed by atoms with Crippen LogP contribution in [0.2, 0.25) is 0 Å². The first-order valence-corrected chi connectivity index (χ1v) is 6.29. The summed E-state index contributed by atoms with van der Waals surface area (Å²) < 4.78 is 19.7. The van der Waals surface area contributed by atoms with Gasteiger partial charge in [0.25, 0.3) is 0 Å². The van der Waals surface area contributed by atoms with Gasteiger partial charge in [-0.15, -0.1) is 0 Å². The molecule has 0 amide bonds. The van der Waals surface area contributed by atoms with E-state index in [0.29, 0.717) is 17.9 Å². The SMILES string of the molecule is COC(=O)CCCOC(=O)c1cc(OC)cc(OC)c1N. The first-order valence-electron chi connectivity index (χ1n) is 6.29. The number of benzene rings is 1. The van der Waals surface area contributed by atoms with Crippen molar-refractivity contribution in [2.75, 3.05) is 33.7 Å². The summed E-state index contributed by atoms with van der Waals surface area (Å²) in [6.07, 6.45) is 0.556. The first kappa shape index (κ1) is 16.6. The first-order chi connectivity index (χ1) is 10.0. The summed E-state index contributed by atoms with van der Waals surface area (Å²) in [6, 6.07) is 3.05. The summed E-state index contributed by atoms with van der Waals surface area (Å²) in [5.74, 6) is -0.193. The molecule has 0 aromatic heterocycles. The maximum atomic E-state index is 12.0. The third-order valence-corrected chi connectivity index (χ3v) is 2.78. The average molecular weight is 297 g/mol. The molecule has 0 aliphatic rings. The molecule has 0 saturated heterocycles. The molecule has 1 aromatic rings. The van der Waals surface area contributed by atoms with E-state index >= 15 is 0 Å². The lowest BCUT2D eigenvalue weighted by atomic mass is 10.1. The van der Waals surface area contributed by atoms with Crippen LogP contribution in [0, 0.1) is 0 Å². The highest BCUT2D eigenvalue weighted by atomic mass is 16.5. The molecule has 1 aromatic carbocycles. The van der Waals surface area contributed by atoms with Gasteiger partial charge in [0.15, 0.2) is 0 Å². The maximum absolute atomic E-state index is 12.0. The van der Waals surface area contributed by atoms with Crippen LogP contribution >= 0.6 is 0 Å². The molecule has 21 heavy (non-hydrogen) atoms. The van der Waals surface area contributed by atoms with E-state index in [1.807, 2.05) is 0 Å². The van der Waals surface area contributed by atoms with Crippen molar-refractivity contribution in [3.05, 3.63) is 17.7 Å². The Morgan fingerprint density at radius 1 is 1.14 bits per heavy atom. The minimum absolute atomic E-state index is 0.0902. The number of nitrogens with two attached hydrogens (primary N) is 1. The number of methoxy groups -OCH3 is 3. The highest BCUT2D eigenvalue weighted by molar-refractivity contribution is 5.97. The van der Waals surface area contributed by atoms with E-state index < -0.39 is 5.97 Å². The van der Waals surface area contributed by atoms with Gasteiger partial charge >= 0.3 is 11.9 Å². The zero-order valence-electron chi connectivity index (χ0n) is 12.3. The summed E-state index contributed by atoms with van der Waals surface area (Å²) >= 11 is 0. The number of carbonyl (C=O) groups excluding carboxylic acids is 2. The molecule has 0 unspecified atom stereocenters. The van der Waals surface area contributed by atoms with Crippen molar-refractivity contribution in [1.29, 1.82) is 0 Å². The van der Waals surface area contributed by atoms with Crippen molar-refractivity contribution in [2.24, 2.45) is 0 Å². The zero-order valence-corrected chi connectivity index (χ0v) is 12.3. The summed E-state index contributed by atoms with van der Waals surface area (Å²) in [7, 11) is 4.21. The van der Waals surface area contributed by atoms with Gasteiger partial charge in [-0.25, -0.2) is 4.79 Å². The molecule has 0 aliphatic heterocycles. The summed E-state index contributed by atoms with van der Waals surface area (Å²) in [5.41, 5.74) is 6.17. The van der Waals surface area contributed by atoms with Crippen molar-refractivity contribution in [3.63, 3.8) is 0 Å². The topological polar surface area (TPSA) is 97.1 Å². The minimum Gasteiger partial charge on any atom is -0.497 e. The van der Waals surface area contributed by atoms with E-state index in [1.165, 1.54) is 27.4 Å². The molecule has 7 nitrogen and oxygen atoms in total. The second-order valence-corrected chi connectivity index (χ2v) is 4.11. The van der Waals surface area contributed by atoms with Gasteiger partial charge in [-0.05, 0) is 12.5 Å². The Morgan fingerprint density at radius 2 is 1.86 bits per heavy atom. The van der Waals surface area contributed by atoms with Gasteiger partial charge in [0.05, 0.1) is 39.2 Å². The van der Waals surface area contributed by atoms with Crippen LogP contribution in [0.4, 0.5) is 5.69 Å². The van der Waals surface area contributed by atoms with Gasteiger partial charge in [0.1, 0.15) is 11.5 Å². The van der Waals surface area contributed by atoms with Crippen LogP contribution in [-0.2, 0) is 14.3 Å². The number of carbonyl (C=O) groups is 2. The highest BCUT2D eigenvalue weighted by Gasteiger charge is 2.17. The van der Waals surface area contributed by atoms with Crippen LogP contribution in [0.3, 0.4) is 0 Å². The van der Waals surface area contributed by atoms with Gasteiger partial charge in [-0.1, -0.05) is 0 Å². The van der Waals surface area contributed by atoms with Crippen LogP contribution < -0.4 is 15.2 Å². The normalized spacial score (nSPS) is 9.86. The Bertz CT molecular complexity index is 514. The van der Waals surface area contributed by atoms with Gasteiger partial charge in [0, 0.05) is 12.5 Å². The molecule has 0 radical (unpaired) electrons. The Hall–Kier alpha value is -2.44. The predicted octanol–water partition coefficient (Wildman–Crippen LogP) is 1.40. The lowest BCUT2D eigenvalue weighted by Gasteiger charge is -2.12. The second-order valence-electron chi connectivity index (χ2n) is 4.11. The zero-order chi connectivity index (χ0) is 15.8. The van der Waals surface area contributed by atoms with Crippen molar-refractivity contribution < 1.29 is 28.5 Å². The molecule has 0 aliphatic carbocycles. The highest BCUT2D eigenvalue weighted by Crippen LogP contribution is 2.31. The molecule has 0 spiro atoms. The van der Waals surface area contributed by atoms with Crippen molar-refractivity contribution in [1.82, 2.24) is 0 Å². The average Bonchev–Trinajstić information content (AvgIpc) is 2.51. The van der Waals surface area contributed by atoms with Crippen LogP contribution in [0.15, 0.2) is 12.1 Å². The molecular formula is C14H19NO6. The fraction of sp³-hybridized carbons (Fsp3) is 0.429. The molecule has 0 saturated carbocycles. The van der Waals surface area contributed by atoms with Crippen LogP contribution in [0.25, 0.3) is 0 Å². The molecule has 0 bridgehead atoms.